The molecule has 0 aliphatic carbocycles. The minimum atomic E-state index is -2.07. The fourth-order valence-corrected chi connectivity index (χ4v) is 4.42. The second-order valence-electron chi connectivity index (χ2n) is 7.95. The van der Waals surface area contributed by atoms with E-state index in [0.29, 0.717) is 29.2 Å². The smallest absolute Gasteiger partial charge is 0.210 e. The molecule has 3 atom stereocenters. The fraction of sp³-hybridized carbons (Fsp3) is 0.348. The third kappa shape index (κ3) is 2.54. The first kappa shape index (κ1) is 19.6. The van der Waals surface area contributed by atoms with Crippen molar-refractivity contribution in [3.05, 3.63) is 47.0 Å². The topological polar surface area (TPSA) is 104 Å². The summed E-state index contributed by atoms with van der Waals surface area (Å²) in [5.41, 5.74) is -0.480. The number of ether oxygens (including phenoxy) is 5. The SMILES string of the molecule is C=C(C)C1Cc2c(cc(O)c3c2OC2COc4cc(OC)c(OC)cc4C2(O)C3=O)O1. The number of benzene rings is 2. The first-order valence-electron chi connectivity index (χ1n) is 9.83. The van der Waals surface area contributed by atoms with Crippen molar-refractivity contribution in [3.8, 4) is 34.5 Å². The van der Waals surface area contributed by atoms with E-state index in [2.05, 4.69) is 6.58 Å². The summed E-state index contributed by atoms with van der Waals surface area (Å²) in [6.45, 7) is 5.70. The summed E-state index contributed by atoms with van der Waals surface area (Å²) in [5, 5.41) is 22.3. The number of methoxy groups -OCH3 is 2. The van der Waals surface area contributed by atoms with Crippen molar-refractivity contribution in [2.45, 2.75) is 31.2 Å². The van der Waals surface area contributed by atoms with Crippen LogP contribution in [0.1, 0.15) is 28.4 Å². The zero-order valence-corrected chi connectivity index (χ0v) is 17.4. The van der Waals surface area contributed by atoms with E-state index in [1.807, 2.05) is 6.92 Å². The molecule has 3 heterocycles. The van der Waals surface area contributed by atoms with Gasteiger partial charge >= 0.3 is 0 Å². The third-order valence-electron chi connectivity index (χ3n) is 6.12. The van der Waals surface area contributed by atoms with Gasteiger partial charge in [-0.05, 0) is 18.6 Å². The van der Waals surface area contributed by atoms with Gasteiger partial charge in [-0.2, -0.15) is 0 Å². The number of carbonyl (C=O) groups is 1. The van der Waals surface area contributed by atoms with Gasteiger partial charge in [0.1, 0.15) is 41.3 Å². The fourth-order valence-electron chi connectivity index (χ4n) is 4.42. The van der Waals surface area contributed by atoms with Gasteiger partial charge in [0, 0.05) is 29.7 Å². The molecular formula is C23H22O8. The molecule has 5 rings (SSSR count). The van der Waals surface area contributed by atoms with E-state index in [-0.39, 0.29) is 41.1 Å². The predicted octanol–water partition coefficient (Wildman–Crippen LogP) is 2.51. The summed E-state index contributed by atoms with van der Waals surface area (Å²) in [6.07, 6.45) is -0.845. The van der Waals surface area contributed by atoms with Crippen LogP contribution in [-0.4, -0.2) is 49.0 Å². The van der Waals surface area contributed by atoms with E-state index >= 15 is 0 Å². The number of aromatic hydroxyl groups is 1. The standard InChI is InChI=1S/C23H22O8/c1-10(2)14-5-11-15(30-14)7-13(24)20-21(11)31-19-9-29-16-8-18(28-4)17(27-3)6-12(16)23(19,26)22(20)25/h6-8,14,19,24,26H,1,5,9H2,2-4H3. The molecule has 3 unspecified atom stereocenters. The summed E-state index contributed by atoms with van der Waals surface area (Å²) in [5.74, 6) is 0.668. The van der Waals surface area contributed by atoms with Crippen LogP contribution < -0.4 is 23.7 Å². The minimum absolute atomic E-state index is 0.0701. The van der Waals surface area contributed by atoms with Gasteiger partial charge in [0.05, 0.1) is 14.2 Å². The maximum absolute atomic E-state index is 13.6. The summed E-state index contributed by atoms with van der Waals surface area (Å²) < 4.78 is 28.4. The molecule has 0 spiro atoms. The largest absolute Gasteiger partial charge is 0.507 e. The van der Waals surface area contributed by atoms with Crippen LogP contribution in [0.25, 0.3) is 0 Å². The molecule has 0 aromatic heterocycles. The maximum Gasteiger partial charge on any atom is 0.210 e. The van der Waals surface area contributed by atoms with Crippen LogP contribution in [0.4, 0.5) is 0 Å². The molecule has 31 heavy (non-hydrogen) atoms. The Morgan fingerprint density at radius 3 is 2.55 bits per heavy atom. The van der Waals surface area contributed by atoms with Crippen LogP contribution in [0, 0.1) is 0 Å². The van der Waals surface area contributed by atoms with Crippen molar-refractivity contribution in [2.24, 2.45) is 0 Å². The molecule has 0 radical (unpaired) electrons. The number of ketones is 1. The number of phenolic OH excluding ortho intramolecular Hbond substituents is 1. The third-order valence-corrected chi connectivity index (χ3v) is 6.12. The van der Waals surface area contributed by atoms with Gasteiger partial charge < -0.3 is 33.9 Å². The molecule has 3 aliphatic heterocycles. The van der Waals surface area contributed by atoms with Crippen LogP contribution in [-0.2, 0) is 12.0 Å². The van der Waals surface area contributed by atoms with E-state index < -0.39 is 17.5 Å². The lowest BCUT2D eigenvalue weighted by Crippen LogP contribution is -2.57. The number of fused-ring (bicyclic) bond motifs is 6. The number of phenols is 1. The van der Waals surface area contributed by atoms with E-state index in [1.165, 1.54) is 26.4 Å². The Bertz CT molecular complexity index is 1140. The molecule has 2 aromatic carbocycles. The number of rotatable bonds is 3. The highest BCUT2D eigenvalue weighted by atomic mass is 16.6. The van der Waals surface area contributed by atoms with Crippen molar-refractivity contribution >= 4 is 5.78 Å². The number of Topliss-reactive ketones (excluding diaryl/α,β-unsaturated/α-hetero) is 1. The van der Waals surface area contributed by atoms with Gasteiger partial charge in [0.25, 0.3) is 0 Å². The van der Waals surface area contributed by atoms with Crippen molar-refractivity contribution in [2.75, 3.05) is 20.8 Å². The Morgan fingerprint density at radius 1 is 1.16 bits per heavy atom. The van der Waals surface area contributed by atoms with Crippen molar-refractivity contribution < 1.29 is 38.7 Å². The number of aliphatic hydroxyl groups is 1. The van der Waals surface area contributed by atoms with Crippen LogP contribution in [0.15, 0.2) is 30.4 Å². The first-order chi connectivity index (χ1) is 14.8. The Labute approximate surface area is 178 Å². The molecular weight excluding hydrogens is 404 g/mol. The molecule has 8 nitrogen and oxygen atoms in total. The van der Waals surface area contributed by atoms with Crippen LogP contribution in [0.5, 0.6) is 34.5 Å². The molecule has 162 valence electrons. The zero-order valence-electron chi connectivity index (χ0n) is 17.4. The van der Waals surface area contributed by atoms with Crippen LogP contribution >= 0.6 is 0 Å². The predicted molar refractivity (Wildman–Crippen MR) is 109 cm³/mol. The van der Waals surface area contributed by atoms with E-state index in [0.717, 1.165) is 5.57 Å². The normalized spacial score (nSPS) is 25.1. The number of hydrogen-bond donors (Lipinski definition) is 2. The lowest BCUT2D eigenvalue weighted by molar-refractivity contribution is -0.0805. The quantitative estimate of drug-likeness (QED) is 0.722. The Hall–Kier alpha value is -3.39. The highest BCUT2D eigenvalue weighted by molar-refractivity contribution is 6.09. The van der Waals surface area contributed by atoms with E-state index in [9.17, 15) is 15.0 Å². The highest BCUT2D eigenvalue weighted by Crippen LogP contribution is 2.53. The summed E-state index contributed by atoms with van der Waals surface area (Å²) in [6, 6.07) is 4.44. The van der Waals surface area contributed by atoms with Crippen LogP contribution in [0.2, 0.25) is 0 Å². The lowest BCUT2D eigenvalue weighted by Gasteiger charge is -2.43. The van der Waals surface area contributed by atoms with Gasteiger partial charge in [-0.15, -0.1) is 0 Å². The van der Waals surface area contributed by atoms with Crippen molar-refractivity contribution in [1.29, 1.82) is 0 Å². The zero-order chi connectivity index (χ0) is 22.1. The van der Waals surface area contributed by atoms with E-state index in [1.54, 1.807) is 6.07 Å². The van der Waals surface area contributed by atoms with Gasteiger partial charge in [0.2, 0.25) is 5.78 Å². The van der Waals surface area contributed by atoms with Crippen molar-refractivity contribution in [1.82, 2.24) is 0 Å². The first-order valence-corrected chi connectivity index (χ1v) is 9.83. The van der Waals surface area contributed by atoms with Crippen molar-refractivity contribution in [3.63, 3.8) is 0 Å². The Morgan fingerprint density at radius 2 is 1.87 bits per heavy atom. The maximum atomic E-state index is 13.6. The average molecular weight is 426 g/mol. The number of hydrogen-bond acceptors (Lipinski definition) is 8. The van der Waals surface area contributed by atoms with Crippen LogP contribution in [0.3, 0.4) is 0 Å². The van der Waals surface area contributed by atoms with E-state index in [4.69, 9.17) is 23.7 Å². The van der Waals surface area contributed by atoms with Gasteiger partial charge in [-0.3, -0.25) is 4.79 Å². The molecule has 0 saturated heterocycles. The molecule has 8 heteroatoms. The molecule has 2 aromatic rings. The monoisotopic (exact) mass is 426 g/mol. The Kier molecular flexibility index (Phi) is 4.14. The summed E-state index contributed by atoms with van der Waals surface area (Å²) >= 11 is 0. The molecule has 0 amide bonds. The molecule has 0 fully saturated rings. The summed E-state index contributed by atoms with van der Waals surface area (Å²) in [7, 11) is 2.94. The molecule has 3 aliphatic rings. The second kappa shape index (κ2) is 6.55. The highest BCUT2D eigenvalue weighted by Gasteiger charge is 2.57. The lowest BCUT2D eigenvalue weighted by atomic mass is 9.76. The average Bonchev–Trinajstić information content (AvgIpc) is 3.18. The summed E-state index contributed by atoms with van der Waals surface area (Å²) in [4.78, 5) is 13.6. The molecule has 0 bridgehead atoms. The second-order valence-corrected chi connectivity index (χ2v) is 7.95. The van der Waals surface area contributed by atoms with Gasteiger partial charge in [0.15, 0.2) is 23.2 Å². The van der Waals surface area contributed by atoms with Gasteiger partial charge in [-0.25, -0.2) is 0 Å². The number of carbonyl (C=O) groups excluding carboxylic acids is 1. The molecule has 2 N–H and O–H groups in total. The minimum Gasteiger partial charge on any atom is -0.507 e. The van der Waals surface area contributed by atoms with Gasteiger partial charge in [-0.1, -0.05) is 6.58 Å². The Balaban J connectivity index is 1.67. The molecule has 0 saturated carbocycles.